The van der Waals surface area contributed by atoms with Crippen LogP contribution >= 0.6 is 0 Å². The Morgan fingerprint density at radius 3 is 2.32 bits per heavy atom. The topological polar surface area (TPSA) is 101 Å². The number of ether oxygens (including phenoxy) is 1. The molecule has 6 heteroatoms. The van der Waals surface area contributed by atoms with Crippen molar-refractivity contribution in [1.82, 2.24) is 0 Å². The number of phenolic OH excluding ortho intramolecular Hbond substituents is 4. The first-order valence-corrected chi connectivity index (χ1v) is 6.39. The minimum absolute atomic E-state index is 0.140. The van der Waals surface area contributed by atoms with E-state index in [2.05, 4.69) is 0 Å². The molecule has 0 atom stereocenters. The first-order chi connectivity index (χ1) is 10.5. The molecule has 0 saturated heterocycles. The lowest BCUT2D eigenvalue weighted by molar-refractivity contribution is 0.398. The summed E-state index contributed by atoms with van der Waals surface area (Å²) in [5.41, 5.74) is 0.720. The van der Waals surface area contributed by atoms with Crippen LogP contribution in [-0.4, -0.2) is 27.5 Å². The number of fused-ring (bicyclic) bond motifs is 1. The minimum Gasteiger partial charge on any atom is -0.507 e. The maximum Gasteiger partial charge on any atom is 0.402 e. The number of benzene rings is 2. The van der Waals surface area contributed by atoms with E-state index in [0.717, 1.165) is 0 Å². The molecule has 22 heavy (non-hydrogen) atoms. The summed E-state index contributed by atoms with van der Waals surface area (Å²) >= 11 is 0. The Hall–Kier alpha value is -3.15. The van der Waals surface area contributed by atoms with Gasteiger partial charge in [-0.25, -0.2) is 4.42 Å². The highest BCUT2D eigenvalue weighted by Gasteiger charge is 2.25. The lowest BCUT2D eigenvalue weighted by Crippen LogP contribution is -1.89. The van der Waals surface area contributed by atoms with Crippen LogP contribution in [0.3, 0.4) is 0 Å². The van der Waals surface area contributed by atoms with Crippen molar-refractivity contribution < 1.29 is 29.6 Å². The number of hydrogen-bond acceptors (Lipinski definition) is 5. The molecule has 112 valence electrons. The van der Waals surface area contributed by atoms with Crippen LogP contribution < -0.4 is 4.74 Å². The van der Waals surface area contributed by atoms with Gasteiger partial charge in [-0.2, -0.15) is 0 Å². The van der Waals surface area contributed by atoms with E-state index in [0.29, 0.717) is 16.7 Å². The standard InChI is InChI=1S/C16H12O6/c1-21-15-7-10-12(19)5-9(17)6-14(10)22-16(15)8-2-3-11(18)13(20)4-8/h2-7H,1H3,(H3-,17,18,19,20)/p+1. The maximum absolute atomic E-state index is 9.87. The van der Waals surface area contributed by atoms with Gasteiger partial charge in [0.25, 0.3) is 0 Å². The van der Waals surface area contributed by atoms with Crippen molar-refractivity contribution >= 4 is 11.0 Å². The molecule has 0 aliphatic carbocycles. The molecule has 3 aromatic rings. The molecule has 0 unspecified atom stereocenters. The monoisotopic (exact) mass is 301 g/mol. The summed E-state index contributed by atoms with van der Waals surface area (Å²) < 4.78 is 10.9. The summed E-state index contributed by atoms with van der Waals surface area (Å²) in [6.07, 6.45) is 0. The van der Waals surface area contributed by atoms with Crippen LogP contribution in [0.25, 0.3) is 22.3 Å². The molecule has 0 spiro atoms. The van der Waals surface area contributed by atoms with Crippen molar-refractivity contribution in [2.24, 2.45) is 0 Å². The van der Waals surface area contributed by atoms with Crippen LogP contribution in [0.15, 0.2) is 40.8 Å². The molecule has 2 aromatic carbocycles. The number of methoxy groups -OCH3 is 1. The van der Waals surface area contributed by atoms with Crippen LogP contribution in [0.5, 0.6) is 28.7 Å². The Bertz CT molecular complexity index is 872. The van der Waals surface area contributed by atoms with Crippen LogP contribution in [0.1, 0.15) is 0 Å². The van der Waals surface area contributed by atoms with Gasteiger partial charge < -0.3 is 25.2 Å². The van der Waals surface area contributed by atoms with Gasteiger partial charge in [-0.05, 0) is 12.1 Å². The molecule has 0 fully saturated rings. The molecule has 1 heterocycles. The quantitative estimate of drug-likeness (QED) is 0.428. The van der Waals surface area contributed by atoms with E-state index in [4.69, 9.17) is 9.15 Å². The normalized spacial score (nSPS) is 10.8. The van der Waals surface area contributed by atoms with Gasteiger partial charge in [0.2, 0.25) is 5.75 Å². The zero-order chi connectivity index (χ0) is 15.9. The first-order valence-electron chi connectivity index (χ1n) is 6.39. The van der Waals surface area contributed by atoms with Crippen LogP contribution in [0, 0.1) is 0 Å². The molecule has 1 aromatic heterocycles. The van der Waals surface area contributed by atoms with Crippen molar-refractivity contribution in [1.29, 1.82) is 0 Å². The zero-order valence-corrected chi connectivity index (χ0v) is 11.6. The van der Waals surface area contributed by atoms with Crippen molar-refractivity contribution in [2.75, 3.05) is 7.11 Å². The first kappa shape index (κ1) is 13.8. The Morgan fingerprint density at radius 2 is 1.64 bits per heavy atom. The minimum atomic E-state index is -0.298. The third-order valence-electron chi connectivity index (χ3n) is 3.27. The van der Waals surface area contributed by atoms with Crippen molar-refractivity contribution in [3.05, 3.63) is 36.4 Å². The highest BCUT2D eigenvalue weighted by Crippen LogP contribution is 2.40. The van der Waals surface area contributed by atoms with E-state index in [1.165, 1.54) is 31.4 Å². The van der Waals surface area contributed by atoms with Gasteiger partial charge in [0.1, 0.15) is 16.9 Å². The molecule has 0 amide bonds. The van der Waals surface area contributed by atoms with E-state index in [9.17, 15) is 20.4 Å². The molecule has 3 rings (SSSR count). The summed E-state index contributed by atoms with van der Waals surface area (Å²) in [5.74, 6) is -0.211. The molecule has 0 bridgehead atoms. The fraction of sp³-hybridized carbons (Fsp3) is 0.0625. The highest BCUT2D eigenvalue weighted by atomic mass is 16.5. The van der Waals surface area contributed by atoms with Gasteiger partial charge in [0, 0.05) is 18.2 Å². The second-order valence-corrected chi connectivity index (χ2v) is 4.72. The average molecular weight is 301 g/mol. The Kier molecular flexibility index (Phi) is 3.14. The second-order valence-electron chi connectivity index (χ2n) is 4.72. The molecular weight excluding hydrogens is 288 g/mol. The van der Waals surface area contributed by atoms with Gasteiger partial charge in [0.05, 0.1) is 18.7 Å². The summed E-state index contributed by atoms with van der Waals surface area (Å²) in [4.78, 5) is 0. The predicted octanol–water partition coefficient (Wildman–Crippen LogP) is 3.21. The Balaban J connectivity index is 2.30. The molecule has 6 nitrogen and oxygen atoms in total. The van der Waals surface area contributed by atoms with Crippen molar-refractivity contribution in [3.63, 3.8) is 0 Å². The largest absolute Gasteiger partial charge is 0.507 e. The van der Waals surface area contributed by atoms with Gasteiger partial charge >= 0.3 is 11.3 Å². The maximum atomic E-state index is 9.87. The van der Waals surface area contributed by atoms with Gasteiger partial charge in [0.15, 0.2) is 11.5 Å². The zero-order valence-electron chi connectivity index (χ0n) is 11.6. The number of hydrogen-bond donors (Lipinski definition) is 4. The second kappa shape index (κ2) is 5.00. The SMILES string of the molecule is COc1cc2c(O)cc(O)cc2[o+]c1-c1ccc(O)c(O)c1. The van der Waals surface area contributed by atoms with E-state index < -0.39 is 0 Å². The smallest absolute Gasteiger partial charge is 0.402 e. The Labute approximate surface area is 125 Å². The van der Waals surface area contributed by atoms with E-state index in [-0.39, 0.29) is 34.3 Å². The molecule has 0 saturated carbocycles. The Morgan fingerprint density at radius 1 is 0.864 bits per heavy atom. The summed E-state index contributed by atoms with van der Waals surface area (Å²) in [5, 5.41) is 38.8. The molecule has 0 aliphatic rings. The summed E-state index contributed by atoms with van der Waals surface area (Å²) in [6, 6.07) is 8.31. The third kappa shape index (κ3) is 2.20. The fourth-order valence-electron chi connectivity index (χ4n) is 2.20. The van der Waals surface area contributed by atoms with E-state index >= 15 is 0 Å². The van der Waals surface area contributed by atoms with Gasteiger partial charge in [-0.15, -0.1) is 0 Å². The number of phenols is 4. The third-order valence-corrected chi connectivity index (χ3v) is 3.27. The van der Waals surface area contributed by atoms with Crippen molar-refractivity contribution in [3.8, 4) is 40.1 Å². The van der Waals surface area contributed by atoms with Crippen LogP contribution in [-0.2, 0) is 0 Å². The lowest BCUT2D eigenvalue weighted by atomic mass is 10.1. The summed E-state index contributed by atoms with van der Waals surface area (Å²) in [7, 11) is 1.44. The van der Waals surface area contributed by atoms with Gasteiger partial charge in [-0.1, -0.05) is 0 Å². The fourth-order valence-corrected chi connectivity index (χ4v) is 2.20. The predicted molar refractivity (Wildman–Crippen MR) is 79.3 cm³/mol. The highest BCUT2D eigenvalue weighted by molar-refractivity contribution is 5.88. The van der Waals surface area contributed by atoms with Gasteiger partial charge in [-0.3, -0.25) is 0 Å². The number of aromatic hydroxyl groups is 4. The molecule has 0 radical (unpaired) electrons. The van der Waals surface area contributed by atoms with E-state index in [1.807, 2.05) is 0 Å². The van der Waals surface area contributed by atoms with Crippen LogP contribution in [0.4, 0.5) is 0 Å². The lowest BCUT2D eigenvalue weighted by Gasteiger charge is -2.03. The van der Waals surface area contributed by atoms with E-state index in [1.54, 1.807) is 12.1 Å². The number of rotatable bonds is 2. The molecule has 4 N–H and O–H groups in total. The average Bonchev–Trinajstić information content (AvgIpc) is 2.48. The van der Waals surface area contributed by atoms with Crippen LogP contribution in [0.2, 0.25) is 0 Å². The molecular formula is C16H13O6+. The van der Waals surface area contributed by atoms with Crippen molar-refractivity contribution in [2.45, 2.75) is 0 Å². The summed E-state index contributed by atoms with van der Waals surface area (Å²) in [6.45, 7) is 0. The molecule has 0 aliphatic heterocycles.